The van der Waals surface area contributed by atoms with Crippen molar-refractivity contribution in [2.75, 3.05) is 0 Å². The first-order valence-corrected chi connectivity index (χ1v) is 10.7. The van der Waals surface area contributed by atoms with Gasteiger partial charge in [0.1, 0.15) is 11.7 Å². The molecule has 27 heavy (non-hydrogen) atoms. The van der Waals surface area contributed by atoms with Crippen molar-refractivity contribution in [1.82, 2.24) is 9.97 Å². The summed E-state index contributed by atoms with van der Waals surface area (Å²) in [6, 6.07) is 12.1. The molecule has 4 nitrogen and oxygen atoms in total. The number of hydrogen-bond donors (Lipinski definition) is 2. The zero-order valence-corrected chi connectivity index (χ0v) is 16.3. The highest BCUT2D eigenvalue weighted by Crippen LogP contribution is 2.28. The van der Waals surface area contributed by atoms with E-state index < -0.39 is 0 Å². The van der Waals surface area contributed by atoms with Crippen molar-refractivity contribution < 1.29 is 0 Å². The molecular weight excluding hydrogens is 352 g/mol. The lowest BCUT2D eigenvalue weighted by molar-refractivity contribution is 0.337. The molecule has 1 aliphatic rings. The summed E-state index contributed by atoms with van der Waals surface area (Å²) in [7, 11) is 0. The third kappa shape index (κ3) is 4.66. The van der Waals surface area contributed by atoms with Crippen LogP contribution < -0.4 is 5.73 Å². The summed E-state index contributed by atoms with van der Waals surface area (Å²) in [4.78, 5) is 13.6. The van der Waals surface area contributed by atoms with Crippen molar-refractivity contribution in [2.24, 2.45) is 16.6 Å². The molecule has 1 aromatic carbocycles. The number of aromatic nitrogens is 2. The summed E-state index contributed by atoms with van der Waals surface area (Å²) in [5.41, 5.74) is 9.12. The maximum Gasteiger partial charge on any atom is 0.141 e. The lowest BCUT2D eigenvalue weighted by Crippen LogP contribution is -2.10. The van der Waals surface area contributed by atoms with Crippen LogP contribution in [0, 0.1) is 5.92 Å². The Balaban J connectivity index is 1.39. The number of H-pyrrole nitrogens is 1. The summed E-state index contributed by atoms with van der Waals surface area (Å²) >= 11 is 1.60. The normalized spacial score (nSPS) is 15.9. The van der Waals surface area contributed by atoms with Crippen molar-refractivity contribution in [3.8, 4) is 11.3 Å². The molecule has 0 unspecified atom stereocenters. The molecule has 3 N–H and O–H groups in total. The molecule has 140 valence electrons. The molecule has 2 heterocycles. The second-order valence-electron chi connectivity index (χ2n) is 7.31. The van der Waals surface area contributed by atoms with Crippen LogP contribution in [0.5, 0.6) is 0 Å². The van der Waals surface area contributed by atoms with Crippen LogP contribution >= 0.6 is 11.3 Å². The number of aryl methyl sites for hydroxylation is 1. The Hall–Kier alpha value is -2.40. The maximum absolute atomic E-state index is 6.06. The van der Waals surface area contributed by atoms with E-state index in [-0.39, 0.29) is 0 Å². The quantitative estimate of drug-likeness (QED) is 0.427. The van der Waals surface area contributed by atoms with Crippen molar-refractivity contribution in [3.05, 3.63) is 58.7 Å². The number of benzene rings is 1. The average molecular weight is 379 g/mol. The molecule has 0 aliphatic heterocycles. The van der Waals surface area contributed by atoms with E-state index in [4.69, 9.17) is 5.73 Å². The molecule has 1 aliphatic carbocycles. The minimum absolute atomic E-state index is 0.560. The van der Waals surface area contributed by atoms with E-state index >= 15 is 0 Å². The van der Waals surface area contributed by atoms with Gasteiger partial charge in [-0.05, 0) is 41.5 Å². The fourth-order valence-corrected chi connectivity index (χ4v) is 4.41. The Morgan fingerprint density at radius 3 is 2.70 bits per heavy atom. The Morgan fingerprint density at radius 1 is 1.15 bits per heavy atom. The number of aromatic amines is 1. The minimum Gasteiger partial charge on any atom is -0.383 e. The van der Waals surface area contributed by atoms with Crippen molar-refractivity contribution >= 4 is 22.9 Å². The smallest absolute Gasteiger partial charge is 0.141 e. The second kappa shape index (κ2) is 8.53. The van der Waals surface area contributed by atoms with Crippen LogP contribution in [0.25, 0.3) is 11.3 Å². The van der Waals surface area contributed by atoms with Crippen LogP contribution in [-0.4, -0.2) is 15.8 Å². The van der Waals surface area contributed by atoms with Gasteiger partial charge in [0.25, 0.3) is 0 Å². The first-order valence-electron chi connectivity index (χ1n) is 9.80. The van der Waals surface area contributed by atoms with Crippen LogP contribution in [0.3, 0.4) is 0 Å². The molecule has 0 atom stereocenters. The molecular formula is C22H26N4S. The van der Waals surface area contributed by atoms with Gasteiger partial charge >= 0.3 is 0 Å². The number of hydrogen-bond acceptors (Lipinski definition) is 3. The summed E-state index contributed by atoms with van der Waals surface area (Å²) in [6.07, 6.45) is 11.2. The molecule has 0 spiro atoms. The Labute approximate surface area is 164 Å². The molecule has 2 aromatic heterocycles. The second-order valence-corrected chi connectivity index (χ2v) is 8.26. The van der Waals surface area contributed by atoms with Crippen LogP contribution in [-0.2, 0) is 6.42 Å². The van der Waals surface area contributed by atoms with Gasteiger partial charge in [0.2, 0.25) is 0 Å². The lowest BCUT2D eigenvalue weighted by Gasteiger charge is -2.20. The highest BCUT2D eigenvalue weighted by molar-refractivity contribution is 7.12. The maximum atomic E-state index is 6.06. The van der Waals surface area contributed by atoms with Crippen molar-refractivity contribution in [2.45, 2.75) is 44.9 Å². The molecule has 0 radical (unpaired) electrons. The lowest BCUT2D eigenvalue weighted by atomic mass is 9.86. The minimum atomic E-state index is 0.560. The zero-order chi connectivity index (χ0) is 18.5. The number of nitrogens with one attached hydrogen (secondary N) is 1. The number of amidine groups is 1. The first-order chi connectivity index (χ1) is 13.3. The third-order valence-corrected chi connectivity index (χ3v) is 6.24. The molecule has 3 aromatic rings. The summed E-state index contributed by atoms with van der Waals surface area (Å²) in [6.45, 7) is 0. The number of rotatable bonds is 6. The van der Waals surface area contributed by atoms with Gasteiger partial charge in [0, 0.05) is 6.42 Å². The summed E-state index contributed by atoms with van der Waals surface area (Å²) in [5.74, 6) is 2.54. The van der Waals surface area contributed by atoms with E-state index in [1.165, 1.54) is 38.5 Å². The van der Waals surface area contributed by atoms with Crippen LogP contribution in [0.1, 0.15) is 49.2 Å². The standard InChI is InChI=1S/C22H26N4S/c23-22(20-7-4-14-27-20)25-18-11-9-17(10-12-18)19-15-24-21(26-19)13-8-16-5-2-1-3-6-16/h4,7,9-12,14-16H,1-3,5-6,8,13H2,(H2,23,25)(H,24,26). The Bertz CT molecular complexity index is 871. The summed E-state index contributed by atoms with van der Waals surface area (Å²) < 4.78 is 0. The zero-order valence-electron chi connectivity index (χ0n) is 15.5. The van der Waals surface area contributed by atoms with E-state index in [0.29, 0.717) is 5.84 Å². The van der Waals surface area contributed by atoms with E-state index in [1.807, 2.05) is 35.8 Å². The molecule has 5 heteroatoms. The number of thiophene rings is 1. The number of nitrogens with two attached hydrogens (primary N) is 1. The molecule has 4 rings (SSSR count). The molecule has 1 saturated carbocycles. The Morgan fingerprint density at radius 2 is 1.96 bits per heavy atom. The summed E-state index contributed by atoms with van der Waals surface area (Å²) in [5, 5.41) is 2.00. The highest BCUT2D eigenvalue weighted by Gasteiger charge is 2.14. The predicted octanol–water partition coefficient (Wildman–Crippen LogP) is 5.69. The van der Waals surface area contributed by atoms with E-state index in [2.05, 4.69) is 27.1 Å². The van der Waals surface area contributed by atoms with Gasteiger partial charge < -0.3 is 10.7 Å². The van der Waals surface area contributed by atoms with Gasteiger partial charge in [-0.1, -0.05) is 50.3 Å². The molecule has 0 amide bonds. The average Bonchev–Trinajstić information content (AvgIpc) is 3.40. The fourth-order valence-electron chi connectivity index (χ4n) is 3.79. The van der Waals surface area contributed by atoms with E-state index in [9.17, 15) is 0 Å². The van der Waals surface area contributed by atoms with Gasteiger partial charge in [-0.2, -0.15) is 0 Å². The van der Waals surface area contributed by atoms with Crippen LogP contribution in [0.2, 0.25) is 0 Å². The molecule has 1 fully saturated rings. The fraction of sp³-hybridized carbons (Fsp3) is 0.364. The number of imidazole rings is 1. The van der Waals surface area contributed by atoms with Gasteiger partial charge in [0.05, 0.1) is 22.5 Å². The molecule has 0 saturated heterocycles. The third-order valence-electron chi connectivity index (χ3n) is 5.34. The van der Waals surface area contributed by atoms with E-state index in [0.717, 1.165) is 40.0 Å². The number of nitrogens with zero attached hydrogens (tertiary/aromatic N) is 2. The van der Waals surface area contributed by atoms with Gasteiger partial charge in [-0.15, -0.1) is 11.3 Å². The highest BCUT2D eigenvalue weighted by atomic mass is 32.1. The van der Waals surface area contributed by atoms with Crippen molar-refractivity contribution in [1.29, 1.82) is 0 Å². The topological polar surface area (TPSA) is 67.1 Å². The van der Waals surface area contributed by atoms with Crippen molar-refractivity contribution in [3.63, 3.8) is 0 Å². The SMILES string of the molecule is NC(=Nc1ccc(-c2cnc(CCC3CCCCC3)[nH]2)cc1)c1cccs1. The first kappa shape index (κ1) is 18.0. The van der Waals surface area contributed by atoms with Gasteiger partial charge in [-0.3, -0.25) is 0 Å². The van der Waals surface area contributed by atoms with Crippen LogP contribution in [0.15, 0.2) is 53.0 Å². The molecule has 0 bridgehead atoms. The van der Waals surface area contributed by atoms with Gasteiger partial charge in [-0.25, -0.2) is 9.98 Å². The number of aliphatic imine (C=N–C) groups is 1. The van der Waals surface area contributed by atoms with Crippen LogP contribution in [0.4, 0.5) is 5.69 Å². The Kier molecular flexibility index (Phi) is 5.68. The largest absolute Gasteiger partial charge is 0.383 e. The van der Waals surface area contributed by atoms with Gasteiger partial charge in [0.15, 0.2) is 0 Å². The monoisotopic (exact) mass is 378 g/mol. The van der Waals surface area contributed by atoms with E-state index in [1.54, 1.807) is 11.3 Å². The predicted molar refractivity (Wildman–Crippen MR) is 114 cm³/mol.